The number of para-hydroxylation sites is 2. The van der Waals surface area contributed by atoms with E-state index >= 15 is 0 Å². The monoisotopic (exact) mass is 473 g/mol. The molecule has 9 nitrogen and oxygen atoms in total. The number of carbonyl (C=O) groups excluding carboxylic acids is 1. The van der Waals surface area contributed by atoms with Crippen LogP contribution in [0.4, 0.5) is 8.78 Å². The smallest absolute Gasteiger partial charge is 0.387 e. The number of carboxylic acid groups (broad SMARTS) is 1. The average Bonchev–Trinajstić information content (AvgIpc) is 3.15. The minimum Gasteiger partial charge on any atom is -0.479 e. The number of esters is 1. The summed E-state index contributed by atoms with van der Waals surface area (Å²) in [6, 6.07) is 10.6. The van der Waals surface area contributed by atoms with Gasteiger partial charge in [0.2, 0.25) is 0 Å². The topological polar surface area (TPSA) is 128 Å². The van der Waals surface area contributed by atoms with Gasteiger partial charge < -0.3 is 28.7 Å². The third kappa shape index (κ3) is 4.15. The average molecular weight is 473 g/mol. The summed E-state index contributed by atoms with van der Waals surface area (Å²) in [7, 11) is 0. The Kier molecular flexibility index (Phi) is 6.17. The number of alkyl halides is 2. The SMILES string of the molecule is CCOC(=O)c1c(-c2cccc(OC(F)F)c2OCC(=O)O)c2oc3ccccc3c2[nH]c1=O. The van der Waals surface area contributed by atoms with E-state index in [0.717, 1.165) is 6.07 Å². The Morgan fingerprint density at radius 1 is 1.15 bits per heavy atom. The van der Waals surface area contributed by atoms with Crippen molar-refractivity contribution in [3.05, 3.63) is 58.4 Å². The van der Waals surface area contributed by atoms with Crippen LogP contribution in [0.25, 0.3) is 33.2 Å². The van der Waals surface area contributed by atoms with Crippen molar-refractivity contribution >= 4 is 34.0 Å². The van der Waals surface area contributed by atoms with Gasteiger partial charge in [0, 0.05) is 10.9 Å². The van der Waals surface area contributed by atoms with Gasteiger partial charge in [0.1, 0.15) is 11.1 Å². The molecule has 0 aliphatic heterocycles. The molecule has 2 N–H and O–H groups in total. The minimum atomic E-state index is -3.25. The molecule has 2 aromatic carbocycles. The molecule has 2 aromatic heterocycles. The maximum absolute atomic E-state index is 13.1. The number of hydrogen-bond acceptors (Lipinski definition) is 7. The van der Waals surface area contributed by atoms with Crippen LogP contribution in [0.1, 0.15) is 17.3 Å². The first-order valence-corrected chi connectivity index (χ1v) is 9.99. The van der Waals surface area contributed by atoms with Crippen LogP contribution in [0.5, 0.6) is 11.5 Å². The number of halogens is 2. The lowest BCUT2D eigenvalue weighted by atomic mass is 9.98. The van der Waals surface area contributed by atoms with Gasteiger partial charge in [0.25, 0.3) is 5.56 Å². The molecule has 4 rings (SSSR count). The van der Waals surface area contributed by atoms with Gasteiger partial charge in [-0.3, -0.25) is 4.79 Å². The number of aromatic amines is 1. The lowest BCUT2D eigenvalue weighted by molar-refractivity contribution is -0.139. The molecule has 0 spiro atoms. The third-order valence-electron chi connectivity index (χ3n) is 4.82. The normalized spacial score (nSPS) is 11.2. The van der Waals surface area contributed by atoms with Crippen LogP contribution < -0.4 is 15.0 Å². The summed E-state index contributed by atoms with van der Waals surface area (Å²) in [5, 5.41) is 9.60. The molecule has 0 bridgehead atoms. The number of hydrogen-bond donors (Lipinski definition) is 2. The number of ether oxygens (including phenoxy) is 3. The van der Waals surface area contributed by atoms with Crippen molar-refractivity contribution in [2.75, 3.05) is 13.2 Å². The van der Waals surface area contributed by atoms with Crippen LogP contribution >= 0.6 is 0 Å². The Bertz CT molecular complexity index is 1460. The molecule has 0 saturated carbocycles. The van der Waals surface area contributed by atoms with E-state index < -0.39 is 47.8 Å². The molecule has 0 aliphatic rings. The van der Waals surface area contributed by atoms with Crippen LogP contribution in [0.3, 0.4) is 0 Å². The summed E-state index contributed by atoms with van der Waals surface area (Å²) in [4.78, 5) is 39.6. The fourth-order valence-corrected chi connectivity index (χ4v) is 3.59. The number of carbonyl (C=O) groups is 2. The number of carboxylic acids is 1. The zero-order valence-corrected chi connectivity index (χ0v) is 17.6. The predicted molar refractivity (Wildman–Crippen MR) is 115 cm³/mol. The van der Waals surface area contributed by atoms with Gasteiger partial charge in [-0.2, -0.15) is 8.78 Å². The fourth-order valence-electron chi connectivity index (χ4n) is 3.59. The Balaban J connectivity index is 2.12. The van der Waals surface area contributed by atoms with Gasteiger partial charge in [0.05, 0.1) is 17.7 Å². The van der Waals surface area contributed by atoms with Crippen LogP contribution in [-0.4, -0.2) is 41.9 Å². The number of H-pyrrole nitrogens is 1. The van der Waals surface area contributed by atoms with Gasteiger partial charge >= 0.3 is 18.6 Å². The largest absolute Gasteiger partial charge is 0.479 e. The van der Waals surface area contributed by atoms with Crippen LogP contribution in [0, 0.1) is 0 Å². The maximum Gasteiger partial charge on any atom is 0.387 e. The number of aliphatic carboxylic acids is 1. The van der Waals surface area contributed by atoms with E-state index in [9.17, 15) is 23.2 Å². The van der Waals surface area contributed by atoms with Gasteiger partial charge in [-0.25, -0.2) is 9.59 Å². The van der Waals surface area contributed by atoms with Crippen LogP contribution in [0.2, 0.25) is 0 Å². The van der Waals surface area contributed by atoms with Crippen molar-refractivity contribution in [2.45, 2.75) is 13.5 Å². The Morgan fingerprint density at radius 2 is 1.91 bits per heavy atom. The quantitative estimate of drug-likeness (QED) is 0.365. The fraction of sp³-hybridized carbons (Fsp3) is 0.174. The highest BCUT2D eigenvalue weighted by atomic mass is 19.3. The zero-order valence-electron chi connectivity index (χ0n) is 17.6. The second-order valence-corrected chi connectivity index (χ2v) is 6.92. The Morgan fingerprint density at radius 3 is 2.62 bits per heavy atom. The standard InChI is InChI=1S/C23H17F2NO8/c1-2-31-22(30)17-16(20-18(26-21(17)29)11-6-3-4-8-13(11)33-20)12-7-5-9-14(34-23(24)25)19(12)32-10-15(27)28/h3-9,23H,2,10H2,1H3,(H,26,29)(H,27,28). The number of fused-ring (bicyclic) bond motifs is 3. The lowest BCUT2D eigenvalue weighted by Crippen LogP contribution is -2.21. The highest BCUT2D eigenvalue weighted by molar-refractivity contribution is 6.12. The van der Waals surface area contributed by atoms with Crippen molar-refractivity contribution in [3.8, 4) is 22.6 Å². The Labute approximate surface area is 189 Å². The number of pyridine rings is 1. The second-order valence-electron chi connectivity index (χ2n) is 6.92. The van der Waals surface area contributed by atoms with Crippen molar-refractivity contribution < 1.29 is 42.1 Å². The summed E-state index contributed by atoms with van der Waals surface area (Å²) in [5.74, 6) is -3.29. The first-order chi connectivity index (χ1) is 16.3. The number of rotatable bonds is 8. The first-order valence-electron chi connectivity index (χ1n) is 9.99. The minimum absolute atomic E-state index is 0.0400. The molecule has 0 saturated heterocycles. The molecule has 11 heteroatoms. The summed E-state index contributed by atoms with van der Waals surface area (Å²) in [5.41, 5.74) is -0.819. The lowest BCUT2D eigenvalue weighted by Gasteiger charge is -2.17. The van der Waals surface area contributed by atoms with Crippen LogP contribution in [-0.2, 0) is 9.53 Å². The van der Waals surface area contributed by atoms with E-state index in [1.54, 1.807) is 31.2 Å². The molecule has 0 aliphatic carbocycles. The van der Waals surface area contributed by atoms with E-state index in [1.165, 1.54) is 12.1 Å². The highest BCUT2D eigenvalue weighted by Crippen LogP contribution is 2.44. The summed E-state index contributed by atoms with van der Waals surface area (Å²) >= 11 is 0. The van der Waals surface area contributed by atoms with Gasteiger partial charge in [0.15, 0.2) is 23.7 Å². The second kappa shape index (κ2) is 9.22. The highest BCUT2D eigenvalue weighted by Gasteiger charge is 2.29. The van der Waals surface area contributed by atoms with Gasteiger partial charge in [-0.15, -0.1) is 0 Å². The number of furan rings is 1. The third-order valence-corrected chi connectivity index (χ3v) is 4.82. The van der Waals surface area contributed by atoms with E-state index in [-0.39, 0.29) is 28.8 Å². The predicted octanol–water partition coefficient (Wildman–Crippen LogP) is 4.18. The number of benzene rings is 2. The molecular weight excluding hydrogens is 456 g/mol. The van der Waals surface area contributed by atoms with E-state index in [1.807, 2.05) is 0 Å². The molecule has 4 aromatic rings. The maximum atomic E-state index is 13.1. The Hall–Kier alpha value is -4.41. The van der Waals surface area contributed by atoms with Crippen molar-refractivity contribution in [1.29, 1.82) is 0 Å². The van der Waals surface area contributed by atoms with Gasteiger partial charge in [-0.05, 0) is 25.1 Å². The van der Waals surface area contributed by atoms with Crippen molar-refractivity contribution in [2.24, 2.45) is 0 Å². The summed E-state index contributed by atoms with van der Waals surface area (Å²) in [6.45, 7) is -2.66. The molecule has 176 valence electrons. The molecule has 2 heterocycles. The van der Waals surface area contributed by atoms with E-state index in [2.05, 4.69) is 9.72 Å². The summed E-state index contributed by atoms with van der Waals surface area (Å²) in [6.07, 6.45) is 0. The molecule has 0 amide bonds. The molecular formula is C23H17F2NO8. The number of aromatic nitrogens is 1. The molecule has 0 fully saturated rings. The van der Waals surface area contributed by atoms with Crippen molar-refractivity contribution in [3.63, 3.8) is 0 Å². The molecule has 0 unspecified atom stereocenters. The summed E-state index contributed by atoms with van der Waals surface area (Å²) < 4.78 is 46.9. The molecule has 0 radical (unpaired) electrons. The van der Waals surface area contributed by atoms with Crippen LogP contribution in [0.15, 0.2) is 51.7 Å². The first kappa shape index (κ1) is 22.8. The zero-order chi connectivity index (χ0) is 24.4. The van der Waals surface area contributed by atoms with Crippen molar-refractivity contribution in [1.82, 2.24) is 4.98 Å². The molecule has 34 heavy (non-hydrogen) atoms. The van der Waals surface area contributed by atoms with E-state index in [0.29, 0.717) is 11.0 Å². The number of nitrogens with one attached hydrogen (secondary N) is 1. The van der Waals surface area contributed by atoms with E-state index in [4.69, 9.17) is 19.0 Å². The van der Waals surface area contributed by atoms with Gasteiger partial charge in [-0.1, -0.05) is 24.3 Å². The molecule has 0 atom stereocenters.